The van der Waals surface area contributed by atoms with Gasteiger partial charge in [0.25, 0.3) is 10.0 Å². The standard InChI is InChI=1S/C21H21NO4S2/c1-16-10-12-21(13-11-16)28(23,24)22-27(19-8-4-6-17(14-19)25-2)20-9-5-7-18(15-20)26-3/h4-15H,1-3H3. The zero-order chi connectivity index (χ0) is 20.1. The Balaban J connectivity index is 2.20. The number of ether oxygens (including phenoxy) is 2. The molecule has 0 aliphatic heterocycles. The molecule has 0 amide bonds. The molecule has 0 bridgehead atoms. The van der Waals surface area contributed by atoms with Gasteiger partial charge < -0.3 is 9.47 Å². The Morgan fingerprint density at radius 2 is 1.29 bits per heavy atom. The zero-order valence-electron chi connectivity index (χ0n) is 15.8. The predicted octanol–water partition coefficient (Wildman–Crippen LogP) is 4.62. The smallest absolute Gasteiger partial charge is 0.288 e. The second-order valence-electron chi connectivity index (χ2n) is 6.01. The monoisotopic (exact) mass is 415 g/mol. The average molecular weight is 416 g/mol. The Morgan fingerprint density at radius 1 is 0.786 bits per heavy atom. The Hall–Kier alpha value is -2.64. The molecule has 0 heterocycles. The average Bonchev–Trinajstić information content (AvgIpc) is 2.72. The first-order valence-electron chi connectivity index (χ1n) is 8.50. The number of benzene rings is 3. The third kappa shape index (κ3) is 4.61. The molecule has 0 aliphatic carbocycles. The summed E-state index contributed by atoms with van der Waals surface area (Å²) in [6, 6.07) is 21.2. The van der Waals surface area contributed by atoms with Crippen molar-refractivity contribution in [2.75, 3.05) is 14.2 Å². The van der Waals surface area contributed by atoms with Crippen molar-refractivity contribution in [3.05, 3.63) is 78.4 Å². The number of hydrogen-bond acceptors (Lipinski definition) is 4. The van der Waals surface area contributed by atoms with Crippen molar-refractivity contribution in [2.24, 2.45) is 3.77 Å². The van der Waals surface area contributed by atoms with Gasteiger partial charge in [-0.25, -0.2) is 0 Å². The maximum absolute atomic E-state index is 13.0. The Kier molecular flexibility index (Phi) is 6.16. The minimum absolute atomic E-state index is 0.168. The van der Waals surface area contributed by atoms with Gasteiger partial charge in [-0.3, -0.25) is 0 Å². The molecule has 0 aromatic heterocycles. The van der Waals surface area contributed by atoms with Crippen LogP contribution in [0.2, 0.25) is 0 Å². The van der Waals surface area contributed by atoms with Gasteiger partial charge in [-0.15, -0.1) is 3.77 Å². The number of aryl methyl sites for hydroxylation is 1. The first-order chi connectivity index (χ1) is 13.4. The van der Waals surface area contributed by atoms with E-state index >= 15 is 0 Å². The summed E-state index contributed by atoms with van der Waals surface area (Å²) in [5.41, 5.74) is 0.985. The van der Waals surface area contributed by atoms with Crippen LogP contribution in [-0.2, 0) is 20.7 Å². The predicted molar refractivity (Wildman–Crippen MR) is 111 cm³/mol. The second-order valence-corrected chi connectivity index (χ2v) is 9.54. The molecule has 0 unspecified atom stereocenters. The molecule has 0 saturated heterocycles. The molecule has 0 spiro atoms. The molecule has 3 aromatic rings. The lowest BCUT2D eigenvalue weighted by atomic mass is 10.2. The van der Waals surface area contributed by atoms with E-state index in [1.165, 1.54) is 0 Å². The maximum Gasteiger partial charge on any atom is 0.288 e. The second kappa shape index (κ2) is 8.58. The van der Waals surface area contributed by atoms with Crippen molar-refractivity contribution < 1.29 is 17.9 Å². The molecule has 3 aromatic carbocycles. The number of nitrogens with zero attached hydrogens (tertiary/aromatic N) is 1. The Morgan fingerprint density at radius 3 is 1.75 bits per heavy atom. The van der Waals surface area contributed by atoms with Crippen molar-refractivity contribution in [1.29, 1.82) is 0 Å². The highest BCUT2D eigenvalue weighted by atomic mass is 32.3. The molecule has 0 aliphatic rings. The fraction of sp³-hybridized carbons (Fsp3) is 0.143. The van der Waals surface area contributed by atoms with Gasteiger partial charge in [-0.2, -0.15) is 8.42 Å². The highest BCUT2D eigenvalue weighted by Gasteiger charge is 2.17. The minimum atomic E-state index is -3.86. The van der Waals surface area contributed by atoms with Gasteiger partial charge in [0.2, 0.25) is 0 Å². The molecule has 7 heteroatoms. The topological polar surface area (TPSA) is 65.0 Å². The van der Waals surface area contributed by atoms with E-state index in [9.17, 15) is 8.42 Å². The number of rotatable bonds is 6. The number of hydrogen-bond donors (Lipinski definition) is 0. The quantitative estimate of drug-likeness (QED) is 0.589. The van der Waals surface area contributed by atoms with Gasteiger partial charge in [0, 0.05) is 9.79 Å². The summed E-state index contributed by atoms with van der Waals surface area (Å²) in [6.45, 7) is 1.91. The van der Waals surface area contributed by atoms with Gasteiger partial charge in [0.05, 0.1) is 19.1 Å². The van der Waals surface area contributed by atoms with Crippen LogP contribution in [0.1, 0.15) is 5.56 Å². The molecule has 0 fully saturated rings. The van der Waals surface area contributed by atoms with Crippen LogP contribution in [0.3, 0.4) is 0 Å². The first kappa shape index (κ1) is 20.1. The highest BCUT2D eigenvalue weighted by molar-refractivity contribution is 8.00. The number of sulfonamides is 1. The van der Waals surface area contributed by atoms with E-state index in [4.69, 9.17) is 9.47 Å². The van der Waals surface area contributed by atoms with E-state index in [1.54, 1.807) is 50.6 Å². The molecule has 0 N–H and O–H groups in total. The minimum Gasteiger partial charge on any atom is -0.497 e. The van der Waals surface area contributed by atoms with Crippen molar-refractivity contribution in [1.82, 2.24) is 0 Å². The highest BCUT2D eigenvalue weighted by Crippen LogP contribution is 2.27. The first-order valence-corrected chi connectivity index (χ1v) is 11.1. The van der Waals surface area contributed by atoms with Gasteiger partial charge in [-0.1, -0.05) is 29.8 Å². The molecule has 0 radical (unpaired) electrons. The molecule has 0 saturated carbocycles. The van der Waals surface area contributed by atoms with Crippen LogP contribution in [0.5, 0.6) is 11.5 Å². The van der Waals surface area contributed by atoms with Crippen LogP contribution in [0, 0.1) is 6.92 Å². The molecule has 5 nitrogen and oxygen atoms in total. The largest absolute Gasteiger partial charge is 0.497 e. The molecule has 0 atom stereocenters. The maximum atomic E-state index is 13.0. The summed E-state index contributed by atoms with van der Waals surface area (Å²) < 4.78 is 40.9. The van der Waals surface area contributed by atoms with E-state index in [0.717, 1.165) is 15.4 Å². The summed E-state index contributed by atoms with van der Waals surface area (Å²) in [5, 5.41) is 0. The third-order valence-corrected chi connectivity index (χ3v) is 7.67. The van der Waals surface area contributed by atoms with Crippen LogP contribution in [0.4, 0.5) is 0 Å². The van der Waals surface area contributed by atoms with Crippen LogP contribution in [0.15, 0.2) is 91.3 Å². The fourth-order valence-corrected chi connectivity index (χ4v) is 5.96. The summed E-state index contributed by atoms with van der Waals surface area (Å²) in [6.07, 6.45) is 0. The van der Waals surface area contributed by atoms with Crippen molar-refractivity contribution in [3.8, 4) is 11.5 Å². The molecular weight excluding hydrogens is 394 g/mol. The normalized spacial score (nSPS) is 11.3. The SMILES string of the molecule is COc1cccc(S(=NS(=O)(=O)c2ccc(C)cc2)c2cccc(OC)c2)c1. The summed E-state index contributed by atoms with van der Waals surface area (Å²) in [4.78, 5) is 1.65. The van der Waals surface area contributed by atoms with Crippen LogP contribution >= 0.6 is 0 Å². The van der Waals surface area contributed by atoms with Crippen LogP contribution in [0.25, 0.3) is 0 Å². The van der Waals surface area contributed by atoms with Crippen LogP contribution < -0.4 is 9.47 Å². The summed E-state index contributed by atoms with van der Waals surface area (Å²) in [5.74, 6) is 1.28. The van der Waals surface area contributed by atoms with Gasteiger partial charge in [0.15, 0.2) is 0 Å². The summed E-state index contributed by atoms with van der Waals surface area (Å²) in [7, 11) is -1.78. The molecular formula is C21H21NO4S2. The lowest BCUT2D eigenvalue weighted by Crippen LogP contribution is -2.02. The lowest BCUT2D eigenvalue weighted by molar-refractivity contribution is 0.413. The third-order valence-electron chi connectivity index (χ3n) is 4.02. The van der Waals surface area contributed by atoms with Crippen molar-refractivity contribution in [2.45, 2.75) is 21.6 Å². The van der Waals surface area contributed by atoms with Gasteiger partial charge in [0.1, 0.15) is 11.5 Å². The van der Waals surface area contributed by atoms with Crippen molar-refractivity contribution >= 4 is 20.7 Å². The lowest BCUT2D eigenvalue weighted by Gasteiger charge is -2.12. The Labute approximate surface area is 168 Å². The van der Waals surface area contributed by atoms with E-state index in [1.807, 2.05) is 43.3 Å². The number of methoxy groups -OCH3 is 2. The fourth-order valence-electron chi connectivity index (χ4n) is 2.52. The van der Waals surface area contributed by atoms with E-state index in [0.29, 0.717) is 11.5 Å². The molecule has 146 valence electrons. The van der Waals surface area contributed by atoms with Crippen molar-refractivity contribution in [3.63, 3.8) is 0 Å². The van der Waals surface area contributed by atoms with E-state index < -0.39 is 20.7 Å². The van der Waals surface area contributed by atoms with Gasteiger partial charge in [-0.05, 0) is 66.1 Å². The van der Waals surface area contributed by atoms with Crippen LogP contribution in [-0.4, -0.2) is 22.6 Å². The zero-order valence-corrected chi connectivity index (χ0v) is 17.5. The van der Waals surface area contributed by atoms with Gasteiger partial charge >= 0.3 is 0 Å². The molecule has 3 rings (SSSR count). The van der Waals surface area contributed by atoms with E-state index in [2.05, 4.69) is 3.77 Å². The molecule has 28 heavy (non-hydrogen) atoms. The summed E-state index contributed by atoms with van der Waals surface area (Å²) >= 11 is 0. The van der Waals surface area contributed by atoms with E-state index in [-0.39, 0.29) is 4.90 Å². The Bertz CT molecular complexity index is 1060.